The molecule has 120 valence electrons. The molecule has 5 heteroatoms. The summed E-state index contributed by atoms with van der Waals surface area (Å²) in [7, 11) is 0. The topological polar surface area (TPSA) is 65.2 Å². The van der Waals surface area contributed by atoms with Gasteiger partial charge in [-0.2, -0.15) is 0 Å². The number of aryl methyl sites for hydroxylation is 2. The number of hydrogen-bond donors (Lipinski definition) is 4. The lowest BCUT2D eigenvalue weighted by molar-refractivity contribution is -0.126. The third-order valence-electron chi connectivity index (χ3n) is 3.89. The molecule has 0 aliphatic carbocycles. The molecule has 3 rings (SSSR count). The highest BCUT2D eigenvalue weighted by atomic mass is 16.2. The molecule has 2 atom stereocenters. The van der Waals surface area contributed by atoms with Crippen LogP contribution in [0.15, 0.2) is 48.5 Å². The molecule has 0 aromatic heterocycles. The SMILES string of the molecule is Cc1ccc(CC2NNC(Nc3cccc(C)c3)NC2=O)cc1. The van der Waals surface area contributed by atoms with Gasteiger partial charge in [0.1, 0.15) is 6.04 Å². The smallest absolute Gasteiger partial charge is 0.241 e. The molecule has 1 saturated heterocycles. The summed E-state index contributed by atoms with van der Waals surface area (Å²) in [6, 6.07) is 16.0. The first-order valence-corrected chi connectivity index (χ1v) is 7.80. The van der Waals surface area contributed by atoms with Gasteiger partial charge in [0.2, 0.25) is 5.91 Å². The van der Waals surface area contributed by atoms with Crippen molar-refractivity contribution in [2.45, 2.75) is 32.6 Å². The summed E-state index contributed by atoms with van der Waals surface area (Å²) in [5.74, 6) is -0.0190. The third-order valence-corrected chi connectivity index (χ3v) is 3.89. The number of amides is 1. The Morgan fingerprint density at radius 3 is 2.48 bits per heavy atom. The van der Waals surface area contributed by atoms with Crippen molar-refractivity contribution in [2.24, 2.45) is 0 Å². The summed E-state index contributed by atoms with van der Waals surface area (Å²) in [6.07, 6.45) is 0.314. The van der Waals surface area contributed by atoms with Gasteiger partial charge in [-0.1, -0.05) is 42.0 Å². The van der Waals surface area contributed by atoms with Gasteiger partial charge in [-0.3, -0.25) is 4.79 Å². The van der Waals surface area contributed by atoms with E-state index in [1.807, 2.05) is 31.2 Å². The first-order chi connectivity index (χ1) is 11.1. The van der Waals surface area contributed by atoms with E-state index in [0.29, 0.717) is 6.42 Å². The van der Waals surface area contributed by atoms with Crippen molar-refractivity contribution in [2.75, 3.05) is 5.32 Å². The van der Waals surface area contributed by atoms with Crippen LogP contribution in [0.1, 0.15) is 16.7 Å². The molecule has 1 heterocycles. The van der Waals surface area contributed by atoms with Crippen LogP contribution in [0.5, 0.6) is 0 Å². The van der Waals surface area contributed by atoms with Crippen molar-refractivity contribution in [3.05, 3.63) is 65.2 Å². The molecule has 2 unspecified atom stereocenters. The Balaban J connectivity index is 1.57. The molecule has 1 aliphatic rings. The lowest BCUT2D eigenvalue weighted by Crippen LogP contribution is -2.68. The van der Waals surface area contributed by atoms with E-state index >= 15 is 0 Å². The van der Waals surface area contributed by atoms with Crippen molar-refractivity contribution in [1.82, 2.24) is 16.2 Å². The molecule has 23 heavy (non-hydrogen) atoms. The summed E-state index contributed by atoms with van der Waals surface area (Å²) in [5, 5.41) is 6.18. The standard InChI is InChI=1S/C18H22N4O/c1-12-6-8-14(9-7-12)11-16-17(23)20-18(22-21-16)19-15-5-3-4-13(2)10-15/h3-10,16,18-19,21-22H,11H2,1-2H3,(H,20,23). The fourth-order valence-electron chi connectivity index (χ4n) is 2.61. The molecule has 0 radical (unpaired) electrons. The predicted octanol–water partition coefficient (Wildman–Crippen LogP) is 1.83. The maximum atomic E-state index is 12.3. The van der Waals surface area contributed by atoms with Gasteiger partial charge in [0.05, 0.1) is 0 Å². The molecule has 1 fully saturated rings. The minimum atomic E-state index is -0.335. The zero-order valence-corrected chi connectivity index (χ0v) is 13.4. The van der Waals surface area contributed by atoms with Gasteiger partial charge in [0.15, 0.2) is 6.29 Å². The summed E-state index contributed by atoms with van der Waals surface area (Å²) < 4.78 is 0. The monoisotopic (exact) mass is 310 g/mol. The van der Waals surface area contributed by atoms with E-state index < -0.39 is 0 Å². The van der Waals surface area contributed by atoms with Crippen molar-refractivity contribution in [3.8, 4) is 0 Å². The molecule has 5 nitrogen and oxygen atoms in total. The van der Waals surface area contributed by atoms with Crippen LogP contribution in [0.4, 0.5) is 5.69 Å². The number of carbonyl (C=O) groups excluding carboxylic acids is 1. The maximum absolute atomic E-state index is 12.3. The molecule has 4 N–H and O–H groups in total. The van der Waals surface area contributed by atoms with Crippen LogP contribution in [-0.2, 0) is 11.2 Å². The Morgan fingerprint density at radius 2 is 1.78 bits per heavy atom. The Morgan fingerprint density at radius 1 is 1.00 bits per heavy atom. The quantitative estimate of drug-likeness (QED) is 0.696. The zero-order valence-electron chi connectivity index (χ0n) is 13.4. The Kier molecular flexibility index (Phi) is 4.60. The van der Waals surface area contributed by atoms with E-state index in [9.17, 15) is 4.79 Å². The molecule has 1 amide bonds. The van der Waals surface area contributed by atoms with Gasteiger partial charge >= 0.3 is 0 Å². The van der Waals surface area contributed by atoms with Gasteiger partial charge in [0.25, 0.3) is 0 Å². The normalized spacial score (nSPS) is 20.9. The number of hydrogen-bond acceptors (Lipinski definition) is 4. The van der Waals surface area contributed by atoms with E-state index in [0.717, 1.165) is 11.3 Å². The molecular weight excluding hydrogens is 288 g/mol. The number of rotatable bonds is 4. The lowest BCUT2D eigenvalue weighted by Gasteiger charge is -2.32. The van der Waals surface area contributed by atoms with Crippen molar-refractivity contribution < 1.29 is 4.79 Å². The van der Waals surface area contributed by atoms with Gasteiger partial charge in [-0.15, -0.1) is 0 Å². The summed E-state index contributed by atoms with van der Waals surface area (Å²) in [5.41, 5.74) is 10.7. The summed E-state index contributed by atoms with van der Waals surface area (Å²) in [4.78, 5) is 12.3. The van der Waals surface area contributed by atoms with Crippen LogP contribution in [0, 0.1) is 13.8 Å². The Bertz CT molecular complexity index is 684. The van der Waals surface area contributed by atoms with Crippen LogP contribution in [0.25, 0.3) is 0 Å². The first-order valence-electron chi connectivity index (χ1n) is 7.80. The van der Waals surface area contributed by atoms with Gasteiger partial charge in [0, 0.05) is 5.69 Å². The Labute approximate surface area is 136 Å². The summed E-state index contributed by atoms with van der Waals surface area (Å²) in [6.45, 7) is 4.09. The Hall–Kier alpha value is -2.37. The van der Waals surface area contributed by atoms with E-state index in [1.54, 1.807) is 0 Å². The number of benzene rings is 2. The van der Waals surface area contributed by atoms with Crippen molar-refractivity contribution in [1.29, 1.82) is 0 Å². The second-order valence-corrected chi connectivity index (χ2v) is 5.99. The fraction of sp³-hybridized carbons (Fsp3) is 0.278. The molecule has 1 aliphatic heterocycles. The number of anilines is 1. The molecule has 0 saturated carbocycles. The summed E-state index contributed by atoms with van der Waals surface area (Å²) >= 11 is 0. The van der Waals surface area contributed by atoms with Gasteiger partial charge in [-0.25, -0.2) is 10.9 Å². The van der Waals surface area contributed by atoms with Crippen LogP contribution in [0.3, 0.4) is 0 Å². The second kappa shape index (κ2) is 6.81. The second-order valence-electron chi connectivity index (χ2n) is 5.99. The van der Waals surface area contributed by atoms with Gasteiger partial charge in [-0.05, 0) is 43.5 Å². The highest BCUT2D eigenvalue weighted by Crippen LogP contribution is 2.11. The van der Waals surface area contributed by atoms with Crippen molar-refractivity contribution in [3.63, 3.8) is 0 Å². The van der Waals surface area contributed by atoms with Crippen LogP contribution in [-0.4, -0.2) is 18.2 Å². The van der Waals surface area contributed by atoms with Crippen molar-refractivity contribution >= 4 is 11.6 Å². The van der Waals surface area contributed by atoms with Crippen LogP contribution >= 0.6 is 0 Å². The van der Waals surface area contributed by atoms with E-state index in [1.165, 1.54) is 11.1 Å². The van der Waals surface area contributed by atoms with Gasteiger partial charge < -0.3 is 10.6 Å². The average molecular weight is 310 g/mol. The lowest BCUT2D eigenvalue weighted by atomic mass is 10.0. The van der Waals surface area contributed by atoms with Crippen LogP contribution in [0.2, 0.25) is 0 Å². The first kappa shape index (κ1) is 15.5. The average Bonchev–Trinajstić information content (AvgIpc) is 2.52. The molecule has 2 aromatic carbocycles. The number of carbonyl (C=O) groups is 1. The fourth-order valence-corrected chi connectivity index (χ4v) is 2.61. The maximum Gasteiger partial charge on any atom is 0.241 e. The van der Waals surface area contributed by atoms with E-state index in [2.05, 4.69) is 52.7 Å². The van der Waals surface area contributed by atoms with E-state index in [-0.39, 0.29) is 18.2 Å². The minimum absolute atomic E-state index is 0.0190. The minimum Gasteiger partial charge on any atom is -0.352 e. The molecule has 2 aromatic rings. The molecular formula is C18H22N4O. The zero-order chi connectivity index (χ0) is 16.2. The highest BCUT2D eigenvalue weighted by Gasteiger charge is 2.27. The van der Waals surface area contributed by atoms with Crippen LogP contribution < -0.4 is 21.5 Å². The largest absolute Gasteiger partial charge is 0.352 e. The molecule has 0 spiro atoms. The predicted molar refractivity (Wildman–Crippen MR) is 91.7 cm³/mol. The number of hydrazine groups is 1. The number of nitrogens with one attached hydrogen (secondary N) is 4. The van der Waals surface area contributed by atoms with E-state index in [4.69, 9.17) is 0 Å². The third kappa shape index (κ3) is 4.09. The highest BCUT2D eigenvalue weighted by molar-refractivity contribution is 5.83. The molecule has 0 bridgehead atoms.